The second kappa shape index (κ2) is 5.73. The molecule has 0 aliphatic heterocycles. The van der Waals surface area contributed by atoms with Crippen LogP contribution in [0.2, 0.25) is 0 Å². The van der Waals surface area contributed by atoms with Crippen LogP contribution in [0, 0.1) is 6.92 Å². The number of fused-ring (bicyclic) bond motifs is 1. The smallest absolute Gasteiger partial charge is 0.108 e. The predicted molar refractivity (Wildman–Crippen MR) is 82.4 cm³/mol. The van der Waals surface area contributed by atoms with Gasteiger partial charge in [0.1, 0.15) is 4.60 Å². The van der Waals surface area contributed by atoms with Gasteiger partial charge in [-0.15, -0.1) is 0 Å². The number of hydrogen-bond acceptors (Lipinski definition) is 3. The number of aromatic nitrogens is 3. The van der Waals surface area contributed by atoms with Crippen LogP contribution in [-0.4, -0.2) is 14.6 Å². The van der Waals surface area contributed by atoms with Gasteiger partial charge in [0.2, 0.25) is 0 Å². The van der Waals surface area contributed by atoms with Gasteiger partial charge in [-0.3, -0.25) is 0 Å². The number of rotatable bonds is 4. The summed E-state index contributed by atoms with van der Waals surface area (Å²) in [6.07, 6.45) is 5.69. The summed E-state index contributed by atoms with van der Waals surface area (Å²) >= 11 is 3.41. The summed E-state index contributed by atoms with van der Waals surface area (Å²) in [5.74, 6) is 0. The van der Waals surface area contributed by atoms with E-state index in [1.165, 1.54) is 11.1 Å². The standard InChI is InChI=1S/C15H15BrN4/c1-11-6-13(10-18-15(11)16)9-17-8-12-3-5-20-14(7-12)2-4-19-20/h2-7,10,17H,8-9H2,1H3. The van der Waals surface area contributed by atoms with E-state index >= 15 is 0 Å². The van der Waals surface area contributed by atoms with Crippen LogP contribution in [0.4, 0.5) is 0 Å². The molecule has 0 spiro atoms. The van der Waals surface area contributed by atoms with Crippen molar-refractivity contribution in [2.24, 2.45) is 0 Å². The molecule has 4 nitrogen and oxygen atoms in total. The normalized spacial score (nSPS) is 11.1. The molecule has 5 heteroatoms. The monoisotopic (exact) mass is 330 g/mol. The lowest BCUT2D eigenvalue weighted by atomic mass is 10.2. The van der Waals surface area contributed by atoms with Crippen molar-refractivity contribution in [2.45, 2.75) is 20.0 Å². The molecule has 3 aromatic rings. The lowest BCUT2D eigenvalue weighted by molar-refractivity contribution is 0.689. The maximum atomic E-state index is 4.30. The van der Waals surface area contributed by atoms with E-state index in [4.69, 9.17) is 0 Å². The van der Waals surface area contributed by atoms with Crippen molar-refractivity contribution in [3.63, 3.8) is 0 Å². The average Bonchev–Trinajstić information content (AvgIpc) is 2.90. The SMILES string of the molecule is Cc1cc(CNCc2ccn3nccc3c2)cnc1Br. The van der Waals surface area contributed by atoms with Crippen molar-refractivity contribution in [3.8, 4) is 0 Å². The summed E-state index contributed by atoms with van der Waals surface area (Å²) in [6.45, 7) is 3.69. The first-order valence-corrected chi connectivity index (χ1v) is 7.26. The summed E-state index contributed by atoms with van der Waals surface area (Å²) in [5.41, 5.74) is 4.71. The van der Waals surface area contributed by atoms with Gasteiger partial charge in [0.15, 0.2) is 0 Å². The fourth-order valence-corrected chi connectivity index (χ4v) is 2.36. The average molecular weight is 331 g/mol. The molecular formula is C15H15BrN4. The van der Waals surface area contributed by atoms with Crippen LogP contribution >= 0.6 is 15.9 Å². The van der Waals surface area contributed by atoms with Crippen molar-refractivity contribution in [3.05, 3.63) is 64.1 Å². The summed E-state index contributed by atoms with van der Waals surface area (Å²) < 4.78 is 2.78. The van der Waals surface area contributed by atoms with E-state index in [1.54, 1.807) is 0 Å². The number of aryl methyl sites for hydroxylation is 1. The van der Waals surface area contributed by atoms with Gasteiger partial charge in [-0.1, -0.05) is 6.07 Å². The third kappa shape index (κ3) is 2.89. The molecule has 0 unspecified atom stereocenters. The lowest BCUT2D eigenvalue weighted by Gasteiger charge is -2.07. The Bertz CT molecular complexity index is 736. The largest absolute Gasteiger partial charge is 0.309 e. The van der Waals surface area contributed by atoms with E-state index in [-0.39, 0.29) is 0 Å². The fourth-order valence-electron chi connectivity index (χ4n) is 2.14. The van der Waals surface area contributed by atoms with Gasteiger partial charge >= 0.3 is 0 Å². The van der Waals surface area contributed by atoms with E-state index in [9.17, 15) is 0 Å². The Morgan fingerprint density at radius 2 is 2.05 bits per heavy atom. The molecule has 0 aliphatic rings. The number of nitrogens with one attached hydrogen (secondary N) is 1. The summed E-state index contributed by atoms with van der Waals surface area (Å²) in [4.78, 5) is 4.30. The van der Waals surface area contributed by atoms with E-state index in [0.29, 0.717) is 0 Å². The lowest BCUT2D eigenvalue weighted by Crippen LogP contribution is -2.13. The quantitative estimate of drug-likeness (QED) is 0.747. The van der Waals surface area contributed by atoms with Crippen molar-refractivity contribution in [2.75, 3.05) is 0 Å². The van der Waals surface area contributed by atoms with E-state index in [2.05, 4.69) is 49.5 Å². The van der Waals surface area contributed by atoms with Crippen LogP contribution in [0.3, 0.4) is 0 Å². The highest BCUT2D eigenvalue weighted by atomic mass is 79.9. The zero-order valence-electron chi connectivity index (χ0n) is 11.2. The van der Waals surface area contributed by atoms with Crippen molar-refractivity contribution >= 4 is 21.4 Å². The molecular weight excluding hydrogens is 316 g/mol. The molecule has 3 heterocycles. The molecule has 1 N–H and O–H groups in total. The zero-order valence-corrected chi connectivity index (χ0v) is 12.8. The first-order chi connectivity index (χ1) is 9.72. The van der Waals surface area contributed by atoms with Crippen molar-refractivity contribution < 1.29 is 0 Å². The first-order valence-electron chi connectivity index (χ1n) is 6.46. The van der Waals surface area contributed by atoms with Gasteiger partial charge in [-0.25, -0.2) is 9.50 Å². The minimum Gasteiger partial charge on any atom is -0.309 e. The Morgan fingerprint density at radius 1 is 1.20 bits per heavy atom. The fraction of sp³-hybridized carbons (Fsp3) is 0.200. The Morgan fingerprint density at radius 3 is 2.90 bits per heavy atom. The second-order valence-electron chi connectivity index (χ2n) is 4.79. The third-order valence-electron chi connectivity index (χ3n) is 3.19. The molecule has 3 rings (SSSR count). The molecule has 0 amide bonds. The minimum absolute atomic E-state index is 0.811. The highest BCUT2D eigenvalue weighted by Crippen LogP contribution is 2.13. The first kappa shape index (κ1) is 13.3. The highest BCUT2D eigenvalue weighted by molar-refractivity contribution is 9.10. The number of halogens is 1. The molecule has 102 valence electrons. The van der Waals surface area contributed by atoms with Crippen molar-refractivity contribution in [1.29, 1.82) is 0 Å². The van der Waals surface area contributed by atoms with E-state index < -0.39 is 0 Å². The molecule has 0 atom stereocenters. The Hall–Kier alpha value is -1.72. The van der Waals surface area contributed by atoms with Gasteiger partial charge in [-0.05, 0) is 57.7 Å². The molecule has 0 radical (unpaired) electrons. The van der Waals surface area contributed by atoms with E-state index in [1.807, 2.05) is 36.1 Å². The number of pyridine rings is 2. The van der Waals surface area contributed by atoms with Crippen LogP contribution in [0.25, 0.3) is 5.52 Å². The van der Waals surface area contributed by atoms with Gasteiger partial charge < -0.3 is 5.32 Å². The van der Waals surface area contributed by atoms with Crippen LogP contribution in [0.1, 0.15) is 16.7 Å². The van der Waals surface area contributed by atoms with Gasteiger partial charge in [0.25, 0.3) is 0 Å². The molecule has 0 bridgehead atoms. The third-order valence-corrected chi connectivity index (χ3v) is 4.02. The summed E-state index contributed by atoms with van der Waals surface area (Å²) in [6, 6.07) is 8.37. The summed E-state index contributed by atoms with van der Waals surface area (Å²) in [7, 11) is 0. The van der Waals surface area contributed by atoms with Crippen LogP contribution < -0.4 is 5.32 Å². The zero-order chi connectivity index (χ0) is 13.9. The molecule has 0 saturated carbocycles. The number of hydrogen-bond donors (Lipinski definition) is 1. The predicted octanol–water partition coefficient (Wildman–Crippen LogP) is 3.09. The van der Waals surface area contributed by atoms with Crippen molar-refractivity contribution in [1.82, 2.24) is 19.9 Å². The van der Waals surface area contributed by atoms with Gasteiger partial charge in [0.05, 0.1) is 5.52 Å². The maximum Gasteiger partial charge on any atom is 0.108 e. The molecule has 20 heavy (non-hydrogen) atoms. The molecule has 0 aromatic carbocycles. The minimum atomic E-state index is 0.811. The summed E-state index contributed by atoms with van der Waals surface area (Å²) in [5, 5.41) is 7.63. The Balaban J connectivity index is 1.62. The molecule has 0 fully saturated rings. The van der Waals surface area contributed by atoms with E-state index in [0.717, 1.165) is 28.8 Å². The van der Waals surface area contributed by atoms with Crippen LogP contribution in [-0.2, 0) is 13.1 Å². The van der Waals surface area contributed by atoms with Gasteiger partial charge in [0, 0.05) is 31.7 Å². The molecule has 0 aliphatic carbocycles. The van der Waals surface area contributed by atoms with Crippen LogP contribution in [0.5, 0.6) is 0 Å². The van der Waals surface area contributed by atoms with Crippen LogP contribution in [0.15, 0.2) is 47.5 Å². The number of nitrogens with zero attached hydrogens (tertiary/aromatic N) is 3. The Labute approximate surface area is 126 Å². The van der Waals surface area contributed by atoms with Gasteiger partial charge in [-0.2, -0.15) is 5.10 Å². The molecule has 3 aromatic heterocycles. The maximum absolute atomic E-state index is 4.30. The highest BCUT2D eigenvalue weighted by Gasteiger charge is 2.00. The Kier molecular flexibility index (Phi) is 3.80. The topological polar surface area (TPSA) is 42.2 Å². The molecule has 0 saturated heterocycles. The second-order valence-corrected chi connectivity index (χ2v) is 5.54.